The second-order valence-corrected chi connectivity index (χ2v) is 10.2. The number of hydrogen-bond acceptors (Lipinski definition) is 3. The highest BCUT2D eigenvalue weighted by Crippen LogP contribution is 2.42. The highest BCUT2D eigenvalue weighted by atomic mass is 35.5. The number of nitrogens with one attached hydrogen (secondary N) is 1. The van der Waals surface area contributed by atoms with Crippen molar-refractivity contribution in [2.24, 2.45) is 0 Å². The van der Waals surface area contributed by atoms with Gasteiger partial charge in [0.1, 0.15) is 23.3 Å². The van der Waals surface area contributed by atoms with Crippen molar-refractivity contribution in [1.29, 1.82) is 5.26 Å². The van der Waals surface area contributed by atoms with E-state index in [1.807, 2.05) is 24.3 Å². The van der Waals surface area contributed by atoms with Gasteiger partial charge in [0.15, 0.2) is 0 Å². The van der Waals surface area contributed by atoms with Crippen LogP contribution in [0.3, 0.4) is 0 Å². The molecule has 0 atom stereocenters. The van der Waals surface area contributed by atoms with E-state index in [0.717, 1.165) is 11.1 Å². The Morgan fingerprint density at radius 3 is 1.78 bits per heavy atom. The molecule has 1 aromatic heterocycles. The van der Waals surface area contributed by atoms with Gasteiger partial charge in [0.05, 0.1) is 0 Å². The fourth-order valence-electron chi connectivity index (χ4n) is 3.52. The molecule has 3 aromatic rings. The Kier molecular flexibility index (Phi) is 6.53. The van der Waals surface area contributed by atoms with Gasteiger partial charge in [0, 0.05) is 11.1 Å². The predicted molar refractivity (Wildman–Crippen MR) is 131 cm³/mol. The zero-order valence-electron chi connectivity index (χ0n) is 19.5. The molecule has 0 saturated heterocycles. The lowest BCUT2D eigenvalue weighted by molar-refractivity contribution is -0.114. The number of halogens is 1. The summed E-state index contributed by atoms with van der Waals surface area (Å²) in [4.78, 5) is 11.9. The molecule has 2 aromatic carbocycles. The smallest absolute Gasteiger partial charge is 0.241 e. The van der Waals surface area contributed by atoms with Crippen molar-refractivity contribution in [3.8, 4) is 28.5 Å². The molecule has 0 saturated carbocycles. The standard InChI is InChI=1S/C27H29ClN2O2/c1-26(2,3)19-11-7-17(8-12-19)23-21(16-29)25(30-22(31)15-28)32-24(23)18-9-13-20(14-10-18)27(4,5)6/h7-14H,15H2,1-6H3,(H,30,31). The average molecular weight is 449 g/mol. The molecule has 0 aliphatic carbocycles. The van der Waals surface area contributed by atoms with E-state index in [1.54, 1.807) is 0 Å². The van der Waals surface area contributed by atoms with Crippen LogP contribution >= 0.6 is 11.6 Å². The molecule has 166 valence electrons. The summed E-state index contributed by atoms with van der Waals surface area (Å²) in [5.74, 6) is -0.00363. The van der Waals surface area contributed by atoms with Gasteiger partial charge in [-0.25, -0.2) is 0 Å². The van der Waals surface area contributed by atoms with Gasteiger partial charge < -0.3 is 4.42 Å². The number of hydrogen-bond donors (Lipinski definition) is 1. The zero-order valence-corrected chi connectivity index (χ0v) is 20.2. The first kappa shape index (κ1) is 23.6. The van der Waals surface area contributed by atoms with Crippen molar-refractivity contribution in [2.75, 3.05) is 11.2 Å². The zero-order chi connectivity index (χ0) is 23.7. The maximum absolute atomic E-state index is 11.9. The molecule has 0 bridgehead atoms. The monoisotopic (exact) mass is 448 g/mol. The van der Waals surface area contributed by atoms with Crippen molar-refractivity contribution >= 4 is 23.4 Å². The Morgan fingerprint density at radius 2 is 1.38 bits per heavy atom. The molecule has 1 heterocycles. The molecular weight excluding hydrogens is 420 g/mol. The van der Waals surface area contributed by atoms with Crippen molar-refractivity contribution < 1.29 is 9.21 Å². The average Bonchev–Trinajstić information content (AvgIpc) is 3.10. The van der Waals surface area contributed by atoms with Gasteiger partial charge in [-0.15, -0.1) is 11.6 Å². The molecule has 0 fully saturated rings. The van der Waals surface area contributed by atoms with Crippen LogP contribution in [0.1, 0.15) is 58.2 Å². The summed E-state index contributed by atoms with van der Waals surface area (Å²) in [5, 5.41) is 12.6. The second-order valence-electron chi connectivity index (χ2n) is 9.96. The van der Waals surface area contributed by atoms with Crippen LogP contribution in [0.25, 0.3) is 22.5 Å². The lowest BCUT2D eigenvalue weighted by Gasteiger charge is -2.19. The number of nitrogens with zero attached hydrogens (tertiary/aromatic N) is 1. The lowest BCUT2D eigenvalue weighted by atomic mass is 9.85. The van der Waals surface area contributed by atoms with Gasteiger partial charge in [0.25, 0.3) is 0 Å². The Bertz CT molecular complexity index is 1150. The fourth-order valence-corrected chi connectivity index (χ4v) is 3.59. The molecule has 1 amide bonds. The first-order chi connectivity index (χ1) is 15.0. The van der Waals surface area contributed by atoms with E-state index >= 15 is 0 Å². The summed E-state index contributed by atoms with van der Waals surface area (Å²) in [5.41, 5.74) is 5.02. The Labute approximate surface area is 195 Å². The fraction of sp³-hybridized carbons (Fsp3) is 0.333. The number of furan rings is 1. The molecule has 32 heavy (non-hydrogen) atoms. The number of anilines is 1. The quantitative estimate of drug-likeness (QED) is 0.427. The Balaban J connectivity index is 2.20. The summed E-state index contributed by atoms with van der Waals surface area (Å²) >= 11 is 5.66. The van der Waals surface area contributed by atoms with Crippen molar-refractivity contribution in [3.63, 3.8) is 0 Å². The number of rotatable bonds is 4. The van der Waals surface area contributed by atoms with E-state index in [0.29, 0.717) is 11.3 Å². The van der Waals surface area contributed by atoms with E-state index < -0.39 is 5.91 Å². The van der Waals surface area contributed by atoms with Gasteiger partial charge >= 0.3 is 0 Å². The maximum atomic E-state index is 11.9. The molecule has 0 unspecified atom stereocenters. The molecule has 0 aliphatic rings. The molecule has 0 aliphatic heterocycles. The highest BCUT2D eigenvalue weighted by molar-refractivity contribution is 6.29. The lowest BCUT2D eigenvalue weighted by Crippen LogP contribution is -2.12. The van der Waals surface area contributed by atoms with E-state index in [4.69, 9.17) is 16.0 Å². The molecule has 0 radical (unpaired) electrons. The summed E-state index contributed by atoms with van der Waals surface area (Å²) in [6.45, 7) is 12.9. The molecular formula is C27H29ClN2O2. The van der Waals surface area contributed by atoms with Crippen molar-refractivity contribution in [3.05, 3.63) is 65.2 Å². The van der Waals surface area contributed by atoms with E-state index in [9.17, 15) is 10.1 Å². The van der Waals surface area contributed by atoms with Gasteiger partial charge in [-0.2, -0.15) is 5.26 Å². The van der Waals surface area contributed by atoms with Gasteiger partial charge in [-0.1, -0.05) is 90.1 Å². The van der Waals surface area contributed by atoms with Crippen LogP contribution < -0.4 is 5.32 Å². The number of amides is 1. The first-order valence-electron chi connectivity index (χ1n) is 10.6. The van der Waals surface area contributed by atoms with E-state index in [2.05, 4.69) is 77.2 Å². The van der Waals surface area contributed by atoms with Gasteiger partial charge in [-0.3, -0.25) is 10.1 Å². The molecule has 5 heteroatoms. The topological polar surface area (TPSA) is 66.0 Å². The minimum atomic E-state index is -0.429. The minimum absolute atomic E-state index is 0.0120. The largest absolute Gasteiger partial charge is 0.438 e. The van der Waals surface area contributed by atoms with Crippen LogP contribution in [0.2, 0.25) is 0 Å². The van der Waals surface area contributed by atoms with Crippen LogP contribution in [0.4, 0.5) is 5.88 Å². The van der Waals surface area contributed by atoms with E-state index in [1.165, 1.54) is 11.1 Å². The highest BCUT2D eigenvalue weighted by Gasteiger charge is 2.25. The van der Waals surface area contributed by atoms with Crippen molar-refractivity contribution in [1.82, 2.24) is 0 Å². The minimum Gasteiger partial charge on any atom is -0.438 e. The molecule has 0 spiro atoms. The molecule has 4 nitrogen and oxygen atoms in total. The van der Waals surface area contributed by atoms with Crippen molar-refractivity contribution in [2.45, 2.75) is 52.4 Å². The maximum Gasteiger partial charge on any atom is 0.241 e. The first-order valence-corrected chi connectivity index (χ1v) is 11.1. The SMILES string of the molecule is CC(C)(C)c1ccc(-c2oc(NC(=O)CCl)c(C#N)c2-c2ccc(C(C)(C)C)cc2)cc1. The van der Waals surface area contributed by atoms with Crippen LogP contribution in [-0.2, 0) is 15.6 Å². The number of benzene rings is 2. The normalized spacial score (nSPS) is 11.8. The van der Waals surface area contributed by atoms with Crippen LogP contribution in [0, 0.1) is 11.3 Å². The molecule has 3 rings (SSSR count). The number of alkyl halides is 1. The Morgan fingerprint density at radius 1 is 0.906 bits per heavy atom. The summed E-state index contributed by atoms with van der Waals surface area (Å²) in [6.07, 6.45) is 0. The second kappa shape index (κ2) is 8.84. The number of carbonyl (C=O) groups excluding carboxylic acids is 1. The summed E-state index contributed by atoms with van der Waals surface area (Å²) in [6, 6.07) is 18.4. The number of nitriles is 1. The summed E-state index contributed by atoms with van der Waals surface area (Å²) < 4.78 is 6.06. The predicted octanol–water partition coefficient (Wildman–Crippen LogP) is 7.26. The van der Waals surface area contributed by atoms with Gasteiger partial charge in [-0.05, 0) is 27.5 Å². The third kappa shape index (κ3) is 4.89. The summed E-state index contributed by atoms with van der Waals surface area (Å²) in [7, 11) is 0. The molecule has 1 N–H and O–H groups in total. The Hall–Kier alpha value is -3.03. The van der Waals surface area contributed by atoms with Gasteiger partial charge in [0.2, 0.25) is 11.8 Å². The van der Waals surface area contributed by atoms with Crippen LogP contribution in [0.15, 0.2) is 52.9 Å². The third-order valence-electron chi connectivity index (χ3n) is 5.45. The van der Waals surface area contributed by atoms with Crippen LogP contribution in [-0.4, -0.2) is 11.8 Å². The van der Waals surface area contributed by atoms with E-state index in [-0.39, 0.29) is 28.2 Å². The third-order valence-corrected chi connectivity index (χ3v) is 5.69. The van der Waals surface area contributed by atoms with Crippen LogP contribution in [0.5, 0.6) is 0 Å². The number of carbonyl (C=O) groups is 1.